The first kappa shape index (κ1) is 13.2. The molecule has 0 fully saturated rings. The molecule has 0 aliphatic carbocycles. The summed E-state index contributed by atoms with van der Waals surface area (Å²) < 4.78 is 16.8. The van der Waals surface area contributed by atoms with Gasteiger partial charge < -0.3 is 4.74 Å². The Hall–Kier alpha value is -0.900. The van der Waals surface area contributed by atoms with Gasteiger partial charge in [-0.3, -0.25) is 4.21 Å². The Labute approximate surface area is 99.7 Å². The number of hydrogen-bond acceptors (Lipinski definition) is 3. The summed E-state index contributed by atoms with van der Waals surface area (Å²) in [5.41, 5.74) is 0.835. The molecule has 1 aromatic rings. The Morgan fingerprint density at radius 1 is 1.44 bits per heavy atom. The maximum Gasteiger partial charge on any atom is 0.213 e. The van der Waals surface area contributed by atoms with Crippen LogP contribution in [0, 0.1) is 5.92 Å². The molecule has 16 heavy (non-hydrogen) atoms. The second-order valence-corrected chi connectivity index (χ2v) is 5.72. The summed E-state index contributed by atoms with van der Waals surface area (Å²) in [4.78, 5) is 4.24. The second kappa shape index (κ2) is 6.63. The van der Waals surface area contributed by atoms with Crippen molar-refractivity contribution in [2.75, 3.05) is 12.9 Å². The lowest BCUT2D eigenvalue weighted by molar-refractivity contribution is 0.397. The third-order valence-corrected chi connectivity index (χ3v) is 3.53. The molecule has 0 aliphatic rings. The van der Waals surface area contributed by atoms with Gasteiger partial charge in [0.25, 0.3) is 0 Å². The Morgan fingerprint density at radius 2 is 2.19 bits per heavy atom. The zero-order chi connectivity index (χ0) is 12.0. The fourth-order valence-electron chi connectivity index (χ4n) is 1.26. The van der Waals surface area contributed by atoms with Crippen LogP contribution in [0.15, 0.2) is 18.2 Å². The van der Waals surface area contributed by atoms with Crippen LogP contribution in [-0.4, -0.2) is 22.1 Å². The molecular weight excluding hydrogens is 222 g/mol. The van der Waals surface area contributed by atoms with Gasteiger partial charge in [-0.25, -0.2) is 4.98 Å². The molecule has 4 heteroatoms. The van der Waals surface area contributed by atoms with Crippen LogP contribution in [0.4, 0.5) is 0 Å². The maximum atomic E-state index is 11.7. The van der Waals surface area contributed by atoms with E-state index in [1.165, 1.54) is 0 Å². The van der Waals surface area contributed by atoms with Gasteiger partial charge in [0, 0.05) is 22.6 Å². The lowest BCUT2D eigenvalue weighted by Gasteiger charge is -2.05. The normalized spacial score (nSPS) is 12.8. The van der Waals surface area contributed by atoms with Gasteiger partial charge in [0.2, 0.25) is 5.88 Å². The predicted molar refractivity (Wildman–Crippen MR) is 67.0 cm³/mol. The Bertz CT molecular complexity index is 353. The lowest BCUT2D eigenvalue weighted by atomic mass is 10.2. The zero-order valence-corrected chi connectivity index (χ0v) is 10.9. The van der Waals surface area contributed by atoms with Crippen LogP contribution in [0.1, 0.15) is 26.0 Å². The first-order chi connectivity index (χ1) is 7.61. The highest BCUT2D eigenvalue weighted by atomic mass is 32.2. The van der Waals surface area contributed by atoms with Gasteiger partial charge in [0.05, 0.1) is 18.6 Å². The van der Waals surface area contributed by atoms with E-state index in [0.29, 0.717) is 17.6 Å². The van der Waals surface area contributed by atoms with Crippen LogP contribution in [0.3, 0.4) is 0 Å². The van der Waals surface area contributed by atoms with E-state index in [0.717, 1.165) is 17.9 Å². The number of hydrogen-bond donors (Lipinski definition) is 0. The average Bonchev–Trinajstić information content (AvgIpc) is 2.26. The number of rotatable bonds is 6. The van der Waals surface area contributed by atoms with Crippen molar-refractivity contribution in [3.8, 4) is 5.88 Å². The van der Waals surface area contributed by atoms with Crippen LogP contribution in [0.5, 0.6) is 5.88 Å². The highest BCUT2D eigenvalue weighted by molar-refractivity contribution is 7.84. The molecular formula is C12H19NO2S. The first-order valence-corrected chi connectivity index (χ1v) is 6.95. The van der Waals surface area contributed by atoms with E-state index in [2.05, 4.69) is 18.8 Å². The van der Waals surface area contributed by atoms with Crippen LogP contribution in [0.25, 0.3) is 0 Å². The molecule has 0 amide bonds. The third-order valence-electron chi connectivity index (χ3n) is 2.22. The predicted octanol–water partition coefficient (Wildman–Crippen LogP) is 2.39. The average molecular weight is 241 g/mol. The molecule has 1 unspecified atom stereocenters. The van der Waals surface area contributed by atoms with Crippen molar-refractivity contribution in [1.82, 2.24) is 4.98 Å². The quantitative estimate of drug-likeness (QED) is 0.767. The SMILES string of the molecule is COc1cccc(CS(=O)CCC(C)C)n1. The van der Waals surface area contributed by atoms with E-state index in [-0.39, 0.29) is 0 Å². The number of ether oxygens (including phenoxy) is 1. The Balaban J connectivity index is 2.49. The van der Waals surface area contributed by atoms with Crippen molar-refractivity contribution in [3.63, 3.8) is 0 Å². The van der Waals surface area contributed by atoms with Gasteiger partial charge in [-0.15, -0.1) is 0 Å². The summed E-state index contributed by atoms with van der Waals surface area (Å²) in [6.07, 6.45) is 0.997. The minimum atomic E-state index is -0.820. The fraction of sp³-hybridized carbons (Fsp3) is 0.583. The molecule has 0 aliphatic heterocycles. The number of nitrogens with zero attached hydrogens (tertiary/aromatic N) is 1. The topological polar surface area (TPSA) is 39.2 Å². The molecule has 3 nitrogen and oxygen atoms in total. The summed E-state index contributed by atoms with van der Waals surface area (Å²) >= 11 is 0. The van der Waals surface area contributed by atoms with E-state index >= 15 is 0 Å². The maximum absolute atomic E-state index is 11.7. The van der Waals surface area contributed by atoms with Crippen molar-refractivity contribution >= 4 is 10.8 Å². The van der Waals surface area contributed by atoms with E-state index in [1.807, 2.05) is 12.1 Å². The van der Waals surface area contributed by atoms with Gasteiger partial charge in [-0.1, -0.05) is 19.9 Å². The van der Waals surface area contributed by atoms with Crippen molar-refractivity contribution < 1.29 is 8.95 Å². The highest BCUT2D eigenvalue weighted by Crippen LogP contribution is 2.10. The molecule has 90 valence electrons. The molecule has 0 bridgehead atoms. The zero-order valence-electron chi connectivity index (χ0n) is 10.1. The summed E-state index contributed by atoms with van der Waals surface area (Å²) in [7, 11) is 0.765. The molecule has 0 spiro atoms. The van der Waals surface area contributed by atoms with Gasteiger partial charge >= 0.3 is 0 Å². The van der Waals surface area contributed by atoms with E-state index < -0.39 is 10.8 Å². The van der Waals surface area contributed by atoms with Crippen LogP contribution >= 0.6 is 0 Å². The van der Waals surface area contributed by atoms with Crippen LogP contribution in [0.2, 0.25) is 0 Å². The summed E-state index contributed by atoms with van der Waals surface area (Å²) in [5.74, 6) is 2.45. The monoisotopic (exact) mass is 241 g/mol. The van der Waals surface area contributed by atoms with Gasteiger partial charge in [-0.05, 0) is 18.4 Å². The van der Waals surface area contributed by atoms with Crippen molar-refractivity contribution in [3.05, 3.63) is 23.9 Å². The molecule has 0 radical (unpaired) electrons. The molecule has 0 saturated carbocycles. The van der Waals surface area contributed by atoms with Crippen LogP contribution in [-0.2, 0) is 16.6 Å². The first-order valence-electron chi connectivity index (χ1n) is 5.46. The standard InChI is InChI=1S/C12H19NO2S/c1-10(2)7-8-16(14)9-11-5-4-6-12(13-11)15-3/h4-6,10H,7-9H2,1-3H3. The number of methoxy groups -OCH3 is 1. The highest BCUT2D eigenvalue weighted by Gasteiger charge is 2.05. The largest absolute Gasteiger partial charge is 0.481 e. The van der Waals surface area contributed by atoms with Gasteiger partial charge in [0.15, 0.2) is 0 Å². The smallest absolute Gasteiger partial charge is 0.213 e. The van der Waals surface area contributed by atoms with Crippen LogP contribution < -0.4 is 4.74 Å². The van der Waals surface area contributed by atoms with Gasteiger partial charge in [0.1, 0.15) is 0 Å². The minimum Gasteiger partial charge on any atom is -0.481 e. The van der Waals surface area contributed by atoms with Gasteiger partial charge in [-0.2, -0.15) is 0 Å². The van der Waals surface area contributed by atoms with Crippen molar-refractivity contribution in [2.24, 2.45) is 5.92 Å². The molecule has 0 aromatic carbocycles. The molecule has 1 rings (SSSR count). The Morgan fingerprint density at radius 3 is 2.81 bits per heavy atom. The molecule has 1 atom stereocenters. The fourth-order valence-corrected chi connectivity index (χ4v) is 2.63. The Kier molecular flexibility index (Phi) is 5.46. The van der Waals surface area contributed by atoms with E-state index in [9.17, 15) is 4.21 Å². The van der Waals surface area contributed by atoms with Crippen molar-refractivity contribution in [1.29, 1.82) is 0 Å². The second-order valence-electron chi connectivity index (χ2n) is 4.14. The minimum absolute atomic E-state index is 0.518. The summed E-state index contributed by atoms with van der Waals surface area (Å²) in [5, 5.41) is 0. The molecule has 1 heterocycles. The number of pyridine rings is 1. The number of aromatic nitrogens is 1. The molecule has 0 N–H and O–H groups in total. The van der Waals surface area contributed by atoms with E-state index in [4.69, 9.17) is 4.74 Å². The summed E-state index contributed by atoms with van der Waals surface area (Å²) in [6, 6.07) is 5.55. The molecule has 1 aromatic heterocycles. The third kappa shape index (κ3) is 4.75. The lowest BCUT2D eigenvalue weighted by Crippen LogP contribution is -2.05. The summed E-state index contributed by atoms with van der Waals surface area (Å²) in [6.45, 7) is 4.28. The van der Waals surface area contributed by atoms with Crippen molar-refractivity contribution in [2.45, 2.75) is 26.0 Å². The molecule has 0 saturated heterocycles. The van der Waals surface area contributed by atoms with E-state index in [1.54, 1.807) is 13.2 Å².